The summed E-state index contributed by atoms with van der Waals surface area (Å²) in [5.74, 6) is -0.126. The highest BCUT2D eigenvalue weighted by molar-refractivity contribution is 7.13. The number of hydrogen-bond donors (Lipinski definition) is 0. The number of hydrogen-bond acceptors (Lipinski definition) is 5. The molecule has 0 fully saturated rings. The van der Waals surface area contributed by atoms with Crippen LogP contribution in [0.1, 0.15) is 33.8 Å². The van der Waals surface area contributed by atoms with Crippen LogP contribution in [0.5, 0.6) is 0 Å². The summed E-state index contributed by atoms with van der Waals surface area (Å²) < 4.78 is 0. The van der Waals surface area contributed by atoms with Crippen molar-refractivity contribution in [2.75, 3.05) is 6.54 Å². The molecular formula is C13H12N2O3S2. The first-order chi connectivity index (χ1) is 9.58. The SMILES string of the molecule is CC1c2ccsc2CCN1C(=O)c1csc([N+](=O)[O-])c1. The molecule has 1 aliphatic heterocycles. The molecule has 0 saturated carbocycles. The lowest BCUT2D eigenvalue weighted by atomic mass is 10.0. The predicted molar refractivity (Wildman–Crippen MR) is 78.4 cm³/mol. The van der Waals surface area contributed by atoms with Crippen LogP contribution in [0.2, 0.25) is 0 Å². The Bertz CT molecular complexity index is 677. The molecule has 3 heterocycles. The van der Waals surface area contributed by atoms with Gasteiger partial charge in [-0.25, -0.2) is 0 Å². The number of nitro groups is 1. The second-order valence-electron chi connectivity index (χ2n) is 4.65. The van der Waals surface area contributed by atoms with E-state index in [9.17, 15) is 14.9 Å². The van der Waals surface area contributed by atoms with E-state index in [1.165, 1.54) is 16.5 Å². The molecule has 0 aliphatic carbocycles. The fraction of sp³-hybridized carbons (Fsp3) is 0.308. The van der Waals surface area contributed by atoms with Gasteiger partial charge >= 0.3 is 5.00 Å². The maximum absolute atomic E-state index is 12.5. The van der Waals surface area contributed by atoms with Crippen LogP contribution in [-0.2, 0) is 6.42 Å². The molecule has 1 unspecified atom stereocenters. The Balaban J connectivity index is 1.86. The molecule has 0 spiro atoms. The summed E-state index contributed by atoms with van der Waals surface area (Å²) in [7, 11) is 0. The molecule has 1 atom stereocenters. The first-order valence-corrected chi connectivity index (χ1v) is 7.94. The maximum atomic E-state index is 12.5. The molecule has 104 valence electrons. The molecule has 2 aromatic heterocycles. The van der Waals surface area contributed by atoms with Crippen molar-refractivity contribution in [3.05, 3.63) is 49.0 Å². The van der Waals surface area contributed by atoms with Crippen molar-refractivity contribution < 1.29 is 9.72 Å². The van der Waals surface area contributed by atoms with Crippen LogP contribution in [0.15, 0.2) is 22.9 Å². The molecule has 20 heavy (non-hydrogen) atoms. The highest BCUT2D eigenvalue weighted by Crippen LogP contribution is 2.34. The summed E-state index contributed by atoms with van der Waals surface area (Å²) in [6, 6.07) is 3.44. The summed E-state index contributed by atoms with van der Waals surface area (Å²) in [5.41, 5.74) is 1.60. The van der Waals surface area contributed by atoms with Crippen LogP contribution in [0.4, 0.5) is 5.00 Å². The van der Waals surface area contributed by atoms with E-state index in [1.807, 2.05) is 12.3 Å². The monoisotopic (exact) mass is 308 g/mol. The first kappa shape index (κ1) is 13.3. The largest absolute Gasteiger partial charge is 0.331 e. The Morgan fingerprint density at radius 3 is 3.00 bits per heavy atom. The lowest BCUT2D eigenvalue weighted by Crippen LogP contribution is -2.38. The van der Waals surface area contributed by atoms with Gasteiger partial charge in [0, 0.05) is 22.9 Å². The number of carbonyl (C=O) groups is 1. The molecule has 0 saturated heterocycles. The van der Waals surface area contributed by atoms with E-state index in [1.54, 1.807) is 21.6 Å². The molecule has 3 rings (SSSR count). The number of rotatable bonds is 2. The Kier molecular flexibility index (Phi) is 3.31. The van der Waals surface area contributed by atoms with Crippen molar-refractivity contribution in [2.45, 2.75) is 19.4 Å². The minimum absolute atomic E-state index is 0.00855. The van der Waals surface area contributed by atoms with Gasteiger partial charge in [0.15, 0.2) is 0 Å². The number of thiophene rings is 2. The average molecular weight is 308 g/mol. The van der Waals surface area contributed by atoms with Crippen LogP contribution >= 0.6 is 22.7 Å². The third-order valence-corrected chi connectivity index (χ3v) is 5.43. The van der Waals surface area contributed by atoms with Crippen LogP contribution in [0.3, 0.4) is 0 Å². The lowest BCUT2D eigenvalue weighted by molar-refractivity contribution is -0.380. The molecule has 7 heteroatoms. The molecule has 1 amide bonds. The Morgan fingerprint density at radius 1 is 1.50 bits per heavy atom. The number of fused-ring (bicyclic) bond motifs is 1. The van der Waals surface area contributed by atoms with E-state index in [0.717, 1.165) is 17.8 Å². The third kappa shape index (κ3) is 2.12. The van der Waals surface area contributed by atoms with Gasteiger partial charge in [-0.05, 0) is 30.4 Å². The molecule has 0 N–H and O–H groups in total. The smallest absolute Gasteiger partial charge is 0.324 e. The van der Waals surface area contributed by atoms with Gasteiger partial charge in [-0.3, -0.25) is 14.9 Å². The van der Waals surface area contributed by atoms with Gasteiger partial charge in [0.05, 0.1) is 16.5 Å². The van der Waals surface area contributed by atoms with Crippen LogP contribution in [0, 0.1) is 10.1 Å². The van der Waals surface area contributed by atoms with Crippen molar-refractivity contribution in [3.63, 3.8) is 0 Å². The summed E-state index contributed by atoms with van der Waals surface area (Å²) >= 11 is 2.72. The average Bonchev–Trinajstić information content (AvgIpc) is 3.08. The van der Waals surface area contributed by atoms with Crippen molar-refractivity contribution >= 4 is 33.6 Å². The van der Waals surface area contributed by atoms with Gasteiger partial charge in [0.25, 0.3) is 5.91 Å². The van der Waals surface area contributed by atoms with Gasteiger partial charge in [-0.2, -0.15) is 0 Å². The van der Waals surface area contributed by atoms with Gasteiger partial charge < -0.3 is 4.90 Å². The lowest BCUT2D eigenvalue weighted by Gasteiger charge is -2.33. The van der Waals surface area contributed by atoms with Gasteiger partial charge in [-0.1, -0.05) is 11.3 Å². The Labute approximate surface area is 123 Å². The predicted octanol–water partition coefficient (Wildman–Crippen LogP) is 3.48. The highest BCUT2D eigenvalue weighted by Gasteiger charge is 2.30. The molecule has 2 aromatic rings. The Morgan fingerprint density at radius 2 is 2.30 bits per heavy atom. The Hall–Kier alpha value is -1.73. The van der Waals surface area contributed by atoms with Gasteiger partial charge in [-0.15, -0.1) is 11.3 Å². The summed E-state index contributed by atoms with van der Waals surface area (Å²) in [4.78, 5) is 25.9. The zero-order chi connectivity index (χ0) is 14.3. The van der Waals surface area contributed by atoms with Crippen molar-refractivity contribution in [2.24, 2.45) is 0 Å². The highest BCUT2D eigenvalue weighted by atomic mass is 32.1. The molecule has 1 aliphatic rings. The number of amides is 1. The van der Waals surface area contributed by atoms with E-state index in [4.69, 9.17) is 0 Å². The van der Waals surface area contributed by atoms with Gasteiger partial charge in [0.2, 0.25) is 0 Å². The summed E-state index contributed by atoms with van der Waals surface area (Å²) in [6.45, 7) is 2.67. The van der Waals surface area contributed by atoms with Gasteiger partial charge in [0.1, 0.15) is 0 Å². The summed E-state index contributed by atoms with van der Waals surface area (Å²) in [6.07, 6.45) is 0.856. The fourth-order valence-electron chi connectivity index (χ4n) is 2.49. The molecule has 0 aromatic carbocycles. The zero-order valence-electron chi connectivity index (χ0n) is 10.7. The van der Waals surface area contributed by atoms with Crippen molar-refractivity contribution in [3.8, 4) is 0 Å². The third-order valence-electron chi connectivity index (χ3n) is 3.55. The number of carbonyl (C=O) groups excluding carboxylic acids is 1. The standard InChI is InChI=1S/C13H12N2O3S2/c1-8-10-3-5-19-11(10)2-4-14(8)13(16)9-6-12(15(17)18)20-7-9/h3,5-8H,2,4H2,1H3. The molecule has 0 bridgehead atoms. The van der Waals surface area contributed by atoms with E-state index in [-0.39, 0.29) is 17.0 Å². The normalized spacial score (nSPS) is 17.9. The molecule has 5 nitrogen and oxygen atoms in total. The minimum Gasteiger partial charge on any atom is -0.331 e. The quantitative estimate of drug-likeness (QED) is 0.630. The van der Waals surface area contributed by atoms with E-state index < -0.39 is 4.92 Å². The fourth-order valence-corrected chi connectivity index (χ4v) is 4.15. The number of nitrogens with zero attached hydrogens (tertiary/aromatic N) is 2. The minimum atomic E-state index is -0.460. The van der Waals surface area contributed by atoms with E-state index >= 15 is 0 Å². The maximum Gasteiger partial charge on any atom is 0.324 e. The van der Waals surface area contributed by atoms with Crippen LogP contribution < -0.4 is 0 Å². The van der Waals surface area contributed by atoms with Crippen LogP contribution in [-0.4, -0.2) is 22.3 Å². The second-order valence-corrected chi connectivity index (χ2v) is 6.54. The topological polar surface area (TPSA) is 63.5 Å². The van der Waals surface area contributed by atoms with Crippen LogP contribution in [0.25, 0.3) is 0 Å². The van der Waals surface area contributed by atoms with E-state index in [0.29, 0.717) is 12.1 Å². The second kappa shape index (κ2) is 4.99. The van der Waals surface area contributed by atoms with E-state index in [2.05, 4.69) is 6.07 Å². The zero-order valence-corrected chi connectivity index (χ0v) is 12.4. The van der Waals surface area contributed by atoms with Crippen molar-refractivity contribution in [1.29, 1.82) is 0 Å². The van der Waals surface area contributed by atoms with Crippen molar-refractivity contribution in [1.82, 2.24) is 4.90 Å². The molecular weight excluding hydrogens is 296 g/mol. The molecule has 0 radical (unpaired) electrons. The summed E-state index contributed by atoms with van der Waals surface area (Å²) in [5, 5.41) is 14.3. The first-order valence-electron chi connectivity index (χ1n) is 6.18.